The Labute approximate surface area is 105 Å². The second-order valence-corrected chi connectivity index (χ2v) is 5.00. The van der Waals surface area contributed by atoms with Crippen molar-refractivity contribution >= 4 is 5.91 Å². The Morgan fingerprint density at radius 1 is 1.50 bits per heavy atom. The van der Waals surface area contributed by atoms with Crippen LogP contribution < -0.4 is 0 Å². The van der Waals surface area contributed by atoms with Crippen molar-refractivity contribution in [3.8, 4) is 5.75 Å². The molecule has 1 aliphatic heterocycles. The van der Waals surface area contributed by atoms with Crippen LogP contribution in [0.1, 0.15) is 24.2 Å². The van der Waals surface area contributed by atoms with E-state index in [4.69, 9.17) is 4.74 Å². The first-order valence-corrected chi connectivity index (χ1v) is 5.81. The van der Waals surface area contributed by atoms with Crippen molar-refractivity contribution in [3.63, 3.8) is 0 Å². The zero-order valence-corrected chi connectivity index (χ0v) is 10.4. The number of aromatic hydroxyl groups is 1. The predicted octanol–water partition coefficient (Wildman–Crippen LogP) is 1.78. The van der Waals surface area contributed by atoms with Gasteiger partial charge in [-0.15, -0.1) is 0 Å². The number of benzene rings is 1. The van der Waals surface area contributed by atoms with Gasteiger partial charge in [0, 0.05) is 13.1 Å². The first-order valence-electron chi connectivity index (χ1n) is 5.81. The smallest absolute Gasteiger partial charge is 0.257 e. The third-order valence-corrected chi connectivity index (χ3v) is 2.90. The largest absolute Gasteiger partial charge is 0.507 e. The van der Waals surface area contributed by atoms with Crippen LogP contribution in [0.15, 0.2) is 18.2 Å². The van der Waals surface area contributed by atoms with Crippen LogP contribution in [0, 0.1) is 5.82 Å². The molecular formula is C13H16FNO3. The second-order valence-electron chi connectivity index (χ2n) is 5.00. The summed E-state index contributed by atoms with van der Waals surface area (Å²) >= 11 is 0. The highest BCUT2D eigenvalue weighted by Gasteiger charge is 2.31. The fourth-order valence-electron chi connectivity index (χ4n) is 2.04. The van der Waals surface area contributed by atoms with Crippen LogP contribution >= 0.6 is 0 Å². The molecule has 2 rings (SSSR count). The SMILES string of the molecule is CC1(C)CN(C(=O)c2cc(F)ccc2O)CCO1. The summed E-state index contributed by atoms with van der Waals surface area (Å²) in [6.07, 6.45) is 0. The molecule has 1 fully saturated rings. The third kappa shape index (κ3) is 2.61. The molecule has 0 aromatic heterocycles. The summed E-state index contributed by atoms with van der Waals surface area (Å²) in [4.78, 5) is 13.8. The molecule has 1 aromatic carbocycles. The summed E-state index contributed by atoms with van der Waals surface area (Å²) in [5.74, 6) is -1.11. The van der Waals surface area contributed by atoms with Crippen LogP contribution in [0.25, 0.3) is 0 Å². The molecule has 1 saturated heterocycles. The molecular weight excluding hydrogens is 237 g/mol. The maximum atomic E-state index is 13.1. The molecule has 0 atom stereocenters. The van der Waals surface area contributed by atoms with E-state index in [1.54, 1.807) is 4.90 Å². The van der Waals surface area contributed by atoms with Gasteiger partial charge >= 0.3 is 0 Å². The minimum atomic E-state index is -0.538. The monoisotopic (exact) mass is 253 g/mol. The number of carbonyl (C=O) groups is 1. The van der Waals surface area contributed by atoms with E-state index in [0.717, 1.165) is 12.1 Å². The Kier molecular flexibility index (Phi) is 3.26. The van der Waals surface area contributed by atoms with E-state index >= 15 is 0 Å². The normalized spacial score (nSPS) is 18.7. The maximum absolute atomic E-state index is 13.1. The van der Waals surface area contributed by atoms with E-state index in [1.807, 2.05) is 13.8 Å². The molecule has 98 valence electrons. The van der Waals surface area contributed by atoms with E-state index in [-0.39, 0.29) is 17.2 Å². The van der Waals surface area contributed by atoms with E-state index in [9.17, 15) is 14.3 Å². The Hall–Kier alpha value is -1.62. The van der Waals surface area contributed by atoms with Crippen molar-refractivity contribution in [1.82, 2.24) is 4.90 Å². The molecule has 18 heavy (non-hydrogen) atoms. The summed E-state index contributed by atoms with van der Waals surface area (Å²) in [6.45, 7) is 5.07. The van der Waals surface area contributed by atoms with Gasteiger partial charge in [0.15, 0.2) is 0 Å². The van der Waals surface area contributed by atoms with Crippen molar-refractivity contribution in [2.24, 2.45) is 0 Å². The lowest BCUT2D eigenvalue weighted by Crippen LogP contribution is -2.50. The summed E-state index contributed by atoms with van der Waals surface area (Å²) in [6, 6.07) is 3.36. The Bertz CT molecular complexity index is 473. The quantitative estimate of drug-likeness (QED) is 0.830. The van der Waals surface area contributed by atoms with Gasteiger partial charge in [-0.2, -0.15) is 0 Å². The van der Waals surface area contributed by atoms with E-state index in [2.05, 4.69) is 0 Å². The number of morpholine rings is 1. The van der Waals surface area contributed by atoms with Crippen LogP contribution in [0.5, 0.6) is 5.75 Å². The van der Waals surface area contributed by atoms with Crippen LogP contribution in [-0.4, -0.2) is 41.2 Å². The molecule has 1 amide bonds. The Balaban J connectivity index is 2.23. The average molecular weight is 253 g/mol. The second kappa shape index (κ2) is 4.57. The molecule has 1 aliphatic rings. The molecule has 5 heteroatoms. The summed E-state index contributed by atoms with van der Waals surface area (Å²) < 4.78 is 18.6. The van der Waals surface area contributed by atoms with Crippen molar-refractivity contribution in [1.29, 1.82) is 0 Å². The summed E-state index contributed by atoms with van der Waals surface area (Å²) in [5, 5.41) is 9.62. The highest BCUT2D eigenvalue weighted by Crippen LogP contribution is 2.23. The lowest BCUT2D eigenvalue weighted by Gasteiger charge is -2.38. The number of ether oxygens (including phenoxy) is 1. The van der Waals surface area contributed by atoms with Gasteiger partial charge < -0.3 is 14.7 Å². The number of hydrogen-bond donors (Lipinski definition) is 1. The van der Waals surface area contributed by atoms with Crippen LogP contribution in [0.4, 0.5) is 4.39 Å². The molecule has 1 aromatic rings. The molecule has 1 heterocycles. The maximum Gasteiger partial charge on any atom is 0.257 e. The molecule has 0 aliphatic carbocycles. The number of amides is 1. The van der Waals surface area contributed by atoms with Gasteiger partial charge in [0.2, 0.25) is 0 Å². The number of halogens is 1. The molecule has 1 N–H and O–H groups in total. The molecule has 4 nitrogen and oxygen atoms in total. The zero-order valence-electron chi connectivity index (χ0n) is 10.4. The van der Waals surface area contributed by atoms with Gasteiger partial charge in [-0.25, -0.2) is 4.39 Å². The number of phenols is 1. The van der Waals surface area contributed by atoms with E-state index in [1.165, 1.54) is 6.07 Å². The first kappa shape index (κ1) is 12.8. The first-order chi connectivity index (χ1) is 8.39. The summed E-state index contributed by atoms with van der Waals surface area (Å²) in [5.41, 5.74) is -0.427. The number of phenolic OH excluding ortho intramolecular Hbond substituents is 1. The van der Waals surface area contributed by atoms with Crippen LogP contribution in [0.2, 0.25) is 0 Å². The number of nitrogens with zero attached hydrogens (tertiary/aromatic N) is 1. The predicted molar refractivity (Wildman–Crippen MR) is 64.0 cm³/mol. The van der Waals surface area contributed by atoms with Gasteiger partial charge in [0.25, 0.3) is 5.91 Å². The molecule has 0 bridgehead atoms. The lowest BCUT2D eigenvalue weighted by atomic mass is 10.1. The lowest BCUT2D eigenvalue weighted by molar-refractivity contribution is -0.0764. The molecule has 0 radical (unpaired) electrons. The molecule has 0 saturated carbocycles. The standard InChI is InChI=1S/C13H16FNO3/c1-13(2)8-15(5-6-18-13)12(17)10-7-9(14)3-4-11(10)16/h3-4,7,16H,5-6,8H2,1-2H3. The highest BCUT2D eigenvalue weighted by atomic mass is 19.1. The minimum Gasteiger partial charge on any atom is -0.507 e. The van der Waals surface area contributed by atoms with Crippen LogP contribution in [0.3, 0.4) is 0 Å². The Morgan fingerprint density at radius 2 is 2.22 bits per heavy atom. The third-order valence-electron chi connectivity index (χ3n) is 2.90. The van der Waals surface area contributed by atoms with Gasteiger partial charge in [-0.3, -0.25) is 4.79 Å². The topological polar surface area (TPSA) is 49.8 Å². The van der Waals surface area contributed by atoms with E-state index in [0.29, 0.717) is 19.7 Å². The molecule has 0 spiro atoms. The van der Waals surface area contributed by atoms with Crippen LogP contribution in [-0.2, 0) is 4.74 Å². The average Bonchev–Trinajstić information content (AvgIpc) is 2.30. The fourth-order valence-corrected chi connectivity index (χ4v) is 2.04. The van der Waals surface area contributed by atoms with Gasteiger partial charge in [0.05, 0.1) is 17.8 Å². The number of rotatable bonds is 1. The fraction of sp³-hybridized carbons (Fsp3) is 0.462. The minimum absolute atomic E-state index is 0.00676. The van der Waals surface area contributed by atoms with Gasteiger partial charge in [0.1, 0.15) is 11.6 Å². The van der Waals surface area contributed by atoms with Crippen molar-refractivity contribution in [2.75, 3.05) is 19.7 Å². The van der Waals surface area contributed by atoms with Crippen molar-refractivity contribution in [3.05, 3.63) is 29.6 Å². The summed E-state index contributed by atoms with van der Waals surface area (Å²) in [7, 11) is 0. The zero-order chi connectivity index (χ0) is 13.3. The Morgan fingerprint density at radius 3 is 2.89 bits per heavy atom. The number of carbonyl (C=O) groups excluding carboxylic acids is 1. The van der Waals surface area contributed by atoms with Crippen molar-refractivity contribution in [2.45, 2.75) is 19.4 Å². The van der Waals surface area contributed by atoms with E-state index < -0.39 is 11.4 Å². The number of hydrogen-bond acceptors (Lipinski definition) is 3. The highest BCUT2D eigenvalue weighted by molar-refractivity contribution is 5.96. The van der Waals surface area contributed by atoms with Gasteiger partial charge in [-0.05, 0) is 32.0 Å². The molecule has 0 unspecified atom stereocenters. The van der Waals surface area contributed by atoms with Gasteiger partial charge in [-0.1, -0.05) is 0 Å². The van der Waals surface area contributed by atoms with Crippen molar-refractivity contribution < 1.29 is 19.0 Å².